The number of nitro benzene ring substituents is 1. The van der Waals surface area contributed by atoms with Gasteiger partial charge in [0.1, 0.15) is 10.7 Å². The van der Waals surface area contributed by atoms with Crippen LogP contribution in [0.2, 0.25) is 0 Å². The van der Waals surface area contributed by atoms with Gasteiger partial charge in [-0.25, -0.2) is 17.9 Å². The SMILES string of the molecule is NS(=O)(=O)c1cc([N+](=O)[O-])ccc1NCCCc1cccc(F)c1. The number of non-ortho nitro benzene ring substituents is 1. The molecule has 0 atom stereocenters. The van der Waals surface area contributed by atoms with Crippen LogP contribution in [-0.2, 0) is 16.4 Å². The Balaban J connectivity index is 2.05. The molecule has 2 aromatic carbocycles. The van der Waals surface area contributed by atoms with Gasteiger partial charge in [-0.2, -0.15) is 0 Å². The van der Waals surface area contributed by atoms with Gasteiger partial charge in [-0.05, 0) is 36.6 Å². The number of rotatable bonds is 7. The van der Waals surface area contributed by atoms with Crippen LogP contribution in [0, 0.1) is 15.9 Å². The highest BCUT2D eigenvalue weighted by atomic mass is 32.2. The number of nitrogens with zero attached hydrogens (tertiary/aromatic N) is 1. The van der Waals surface area contributed by atoms with Crippen molar-refractivity contribution in [3.63, 3.8) is 0 Å². The first-order chi connectivity index (χ1) is 11.3. The smallest absolute Gasteiger partial charge is 0.270 e. The number of primary sulfonamides is 1. The number of hydrogen-bond acceptors (Lipinski definition) is 5. The molecular formula is C15H16FN3O4S. The van der Waals surface area contributed by atoms with Gasteiger partial charge in [-0.1, -0.05) is 12.1 Å². The number of hydrogen-bond donors (Lipinski definition) is 2. The lowest BCUT2D eigenvalue weighted by Gasteiger charge is -2.10. The minimum absolute atomic E-state index is 0.197. The van der Waals surface area contributed by atoms with Gasteiger partial charge in [0.2, 0.25) is 10.0 Å². The van der Waals surface area contributed by atoms with Crippen LogP contribution in [0.3, 0.4) is 0 Å². The Kier molecular flexibility index (Phi) is 5.47. The molecule has 0 amide bonds. The number of benzene rings is 2. The first-order valence-electron chi connectivity index (χ1n) is 7.07. The van der Waals surface area contributed by atoms with Crippen LogP contribution in [-0.4, -0.2) is 19.9 Å². The second kappa shape index (κ2) is 7.37. The molecule has 0 unspecified atom stereocenters. The summed E-state index contributed by atoms with van der Waals surface area (Å²) < 4.78 is 36.3. The van der Waals surface area contributed by atoms with E-state index < -0.39 is 14.9 Å². The average Bonchev–Trinajstić information content (AvgIpc) is 2.50. The zero-order chi connectivity index (χ0) is 17.7. The van der Waals surface area contributed by atoms with Gasteiger partial charge < -0.3 is 5.32 Å². The largest absolute Gasteiger partial charge is 0.384 e. The summed E-state index contributed by atoms with van der Waals surface area (Å²) in [5, 5.41) is 18.8. The van der Waals surface area contributed by atoms with Crippen LogP contribution in [0.1, 0.15) is 12.0 Å². The quantitative estimate of drug-likeness (QED) is 0.450. The third kappa shape index (κ3) is 4.74. The van der Waals surface area contributed by atoms with Crippen molar-refractivity contribution in [3.05, 3.63) is 64.0 Å². The molecule has 0 aliphatic carbocycles. The zero-order valence-corrected chi connectivity index (χ0v) is 13.4. The van der Waals surface area contributed by atoms with E-state index in [1.54, 1.807) is 12.1 Å². The molecule has 24 heavy (non-hydrogen) atoms. The normalized spacial score (nSPS) is 11.2. The monoisotopic (exact) mass is 353 g/mol. The molecule has 0 aliphatic rings. The van der Waals surface area contributed by atoms with E-state index in [1.807, 2.05) is 0 Å². The molecule has 0 saturated carbocycles. The Bertz CT molecular complexity index is 856. The van der Waals surface area contributed by atoms with Crippen molar-refractivity contribution in [2.75, 3.05) is 11.9 Å². The second-order valence-electron chi connectivity index (χ2n) is 5.14. The molecule has 9 heteroatoms. The summed E-state index contributed by atoms with van der Waals surface area (Å²) in [7, 11) is -4.10. The highest BCUT2D eigenvalue weighted by Gasteiger charge is 2.18. The zero-order valence-electron chi connectivity index (χ0n) is 12.6. The summed E-state index contributed by atoms with van der Waals surface area (Å²) in [6.07, 6.45) is 1.22. The molecule has 2 aromatic rings. The van der Waals surface area contributed by atoms with Gasteiger partial charge in [0.25, 0.3) is 5.69 Å². The van der Waals surface area contributed by atoms with Gasteiger partial charge in [0.15, 0.2) is 0 Å². The number of nitrogens with one attached hydrogen (secondary N) is 1. The molecule has 0 bridgehead atoms. The topological polar surface area (TPSA) is 115 Å². The molecule has 0 radical (unpaired) electrons. The molecule has 3 N–H and O–H groups in total. The predicted octanol–water partition coefficient (Wildman–Crippen LogP) is 2.43. The summed E-state index contributed by atoms with van der Waals surface area (Å²) in [5.74, 6) is -0.313. The van der Waals surface area contributed by atoms with E-state index in [4.69, 9.17) is 5.14 Å². The van der Waals surface area contributed by atoms with Gasteiger partial charge in [0.05, 0.1) is 10.6 Å². The molecule has 0 fully saturated rings. The molecule has 0 spiro atoms. The summed E-state index contributed by atoms with van der Waals surface area (Å²) in [5.41, 5.74) is 0.666. The van der Waals surface area contributed by atoms with E-state index in [9.17, 15) is 22.9 Å². The van der Waals surface area contributed by atoms with Gasteiger partial charge >= 0.3 is 0 Å². The minimum atomic E-state index is -4.10. The molecule has 0 aromatic heterocycles. The van der Waals surface area contributed by atoms with E-state index >= 15 is 0 Å². The van der Waals surface area contributed by atoms with Crippen molar-refractivity contribution in [3.8, 4) is 0 Å². The average molecular weight is 353 g/mol. The summed E-state index contributed by atoms with van der Waals surface area (Å²) >= 11 is 0. The molecule has 2 rings (SSSR count). The third-order valence-electron chi connectivity index (χ3n) is 3.33. The predicted molar refractivity (Wildman–Crippen MR) is 87.7 cm³/mol. The van der Waals surface area contributed by atoms with E-state index in [1.165, 1.54) is 24.3 Å². The van der Waals surface area contributed by atoms with Crippen molar-refractivity contribution < 1.29 is 17.7 Å². The standard InChI is InChI=1S/C15H16FN3O4S/c16-12-5-1-3-11(9-12)4-2-8-18-14-7-6-13(19(20)21)10-15(14)24(17,22)23/h1,3,5-7,9-10,18H,2,4,8H2,(H2,17,22,23). The fraction of sp³-hybridized carbons (Fsp3) is 0.200. The number of nitrogens with two attached hydrogens (primary N) is 1. The van der Waals surface area contributed by atoms with Crippen molar-refractivity contribution in [2.24, 2.45) is 5.14 Å². The molecule has 128 valence electrons. The molecule has 0 saturated heterocycles. The maximum Gasteiger partial charge on any atom is 0.270 e. The maximum absolute atomic E-state index is 13.1. The van der Waals surface area contributed by atoms with Crippen molar-refractivity contribution in [1.82, 2.24) is 0 Å². The third-order valence-corrected chi connectivity index (χ3v) is 4.28. The van der Waals surface area contributed by atoms with Crippen LogP contribution in [0.15, 0.2) is 47.4 Å². The first kappa shape index (κ1) is 17.8. The maximum atomic E-state index is 13.1. The number of nitro groups is 1. The summed E-state index contributed by atoms with van der Waals surface area (Å²) in [6, 6.07) is 9.63. The van der Waals surface area contributed by atoms with Crippen LogP contribution in [0.5, 0.6) is 0 Å². The highest BCUT2D eigenvalue weighted by molar-refractivity contribution is 7.89. The Morgan fingerprint density at radius 3 is 2.58 bits per heavy atom. The summed E-state index contributed by atoms with van der Waals surface area (Å²) in [4.78, 5) is 9.73. The van der Waals surface area contributed by atoms with E-state index in [0.717, 1.165) is 11.6 Å². The molecular weight excluding hydrogens is 337 g/mol. The van der Waals surface area contributed by atoms with Crippen LogP contribution < -0.4 is 10.5 Å². The van der Waals surface area contributed by atoms with E-state index in [2.05, 4.69) is 5.32 Å². The molecule has 7 nitrogen and oxygen atoms in total. The van der Waals surface area contributed by atoms with Crippen LogP contribution >= 0.6 is 0 Å². The van der Waals surface area contributed by atoms with Gasteiger partial charge in [0, 0.05) is 18.7 Å². The number of anilines is 1. The van der Waals surface area contributed by atoms with Crippen molar-refractivity contribution >= 4 is 21.4 Å². The fourth-order valence-corrected chi connectivity index (χ4v) is 2.95. The Morgan fingerprint density at radius 1 is 1.21 bits per heavy atom. The van der Waals surface area contributed by atoms with Crippen molar-refractivity contribution in [2.45, 2.75) is 17.7 Å². The second-order valence-corrected chi connectivity index (χ2v) is 6.67. The van der Waals surface area contributed by atoms with Gasteiger partial charge in [-0.3, -0.25) is 10.1 Å². The lowest BCUT2D eigenvalue weighted by molar-refractivity contribution is -0.385. The molecule has 0 heterocycles. The Hall–Kier alpha value is -2.52. The van der Waals surface area contributed by atoms with Crippen LogP contribution in [0.4, 0.5) is 15.8 Å². The molecule has 0 aliphatic heterocycles. The highest BCUT2D eigenvalue weighted by Crippen LogP contribution is 2.25. The minimum Gasteiger partial charge on any atom is -0.384 e. The Morgan fingerprint density at radius 2 is 1.96 bits per heavy atom. The fourth-order valence-electron chi connectivity index (χ4n) is 2.21. The number of halogens is 1. The number of aryl methyl sites for hydroxylation is 1. The Labute approximate surface area is 138 Å². The first-order valence-corrected chi connectivity index (χ1v) is 8.61. The lowest BCUT2D eigenvalue weighted by Crippen LogP contribution is -2.16. The van der Waals surface area contributed by atoms with Crippen molar-refractivity contribution in [1.29, 1.82) is 0 Å². The lowest BCUT2D eigenvalue weighted by atomic mass is 10.1. The number of sulfonamides is 1. The van der Waals surface area contributed by atoms with Gasteiger partial charge in [-0.15, -0.1) is 0 Å². The van der Waals surface area contributed by atoms with E-state index in [0.29, 0.717) is 19.4 Å². The summed E-state index contributed by atoms with van der Waals surface area (Å²) in [6.45, 7) is 0.400. The van der Waals surface area contributed by atoms with E-state index in [-0.39, 0.29) is 22.1 Å². The van der Waals surface area contributed by atoms with Crippen LogP contribution in [0.25, 0.3) is 0 Å².